The highest BCUT2D eigenvalue weighted by Gasteiger charge is 2.59. The minimum absolute atomic E-state index is 0.155. The number of carbonyl (C=O) groups is 2. The summed E-state index contributed by atoms with van der Waals surface area (Å²) < 4.78 is 0. The van der Waals surface area contributed by atoms with Crippen molar-refractivity contribution in [2.24, 2.45) is 5.92 Å². The fraction of sp³-hybridized carbons (Fsp3) is 0.316. The number of benzene rings is 1. The van der Waals surface area contributed by atoms with Gasteiger partial charge < -0.3 is 0 Å². The van der Waals surface area contributed by atoms with Crippen molar-refractivity contribution in [3.63, 3.8) is 0 Å². The lowest BCUT2D eigenvalue weighted by atomic mass is 9.91. The molecule has 6 heteroatoms. The summed E-state index contributed by atoms with van der Waals surface area (Å²) in [6.07, 6.45) is 3.35. The molecule has 0 aliphatic carbocycles. The zero-order valence-corrected chi connectivity index (χ0v) is 13.9. The average molecular weight is 337 g/mol. The van der Waals surface area contributed by atoms with Gasteiger partial charge in [0.05, 0.1) is 11.7 Å². The summed E-state index contributed by atoms with van der Waals surface area (Å²) in [5, 5.41) is 1.70. The summed E-state index contributed by atoms with van der Waals surface area (Å²) in [6.45, 7) is 2.38. The lowest BCUT2D eigenvalue weighted by Gasteiger charge is -2.28. The molecule has 0 unspecified atom stereocenters. The van der Waals surface area contributed by atoms with Crippen LogP contribution in [0.25, 0.3) is 0 Å². The molecule has 0 spiro atoms. The van der Waals surface area contributed by atoms with Gasteiger partial charge >= 0.3 is 0 Å². The van der Waals surface area contributed by atoms with Crippen LogP contribution in [0, 0.1) is 5.92 Å². The maximum atomic E-state index is 12.9. The fourth-order valence-electron chi connectivity index (χ4n) is 3.61. The van der Waals surface area contributed by atoms with Crippen LogP contribution in [0.3, 0.4) is 0 Å². The van der Waals surface area contributed by atoms with E-state index >= 15 is 0 Å². The molecule has 0 radical (unpaired) electrons. The number of anilines is 1. The minimum Gasteiger partial charge on any atom is -0.280 e. The Hall–Kier alpha value is -2.73. The van der Waals surface area contributed by atoms with Gasteiger partial charge in [-0.3, -0.25) is 24.3 Å². The van der Waals surface area contributed by atoms with Crippen molar-refractivity contribution in [2.45, 2.75) is 25.5 Å². The molecular formula is C19H19N3O3. The maximum Gasteiger partial charge on any atom is 0.261 e. The number of hydroxylamine groups is 1. The number of rotatable bonds is 4. The van der Waals surface area contributed by atoms with Gasteiger partial charge in [0, 0.05) is 18.9 Å². The lowest BCUT2D eigenvalue weighted by molar-refractivity contribution is -0.143. The van der Waals surface area contributed by atoms with Gasteiger partial charge in [-0.15, -0.1) is 0 Å². The van der Waals surface area contributed by atoms with E-state index in [2.05, 4.69) is 4.98 Å². The van der Waals surface area contributed by atoms with Crippen molar-refractivity contribution in [1.82, 2.24) is 9.88 Å². The second-order valence-corrected chi connectivity index (χ2v) is 6.27. The number of fused-ring (bicyclic) bond motifs is 1. The molecule has 1 aromatic heterocycles. The molecule has 3 atom stereocenters. The molecule has 0 bridgehead atoms. The summed E-state index contributed by atoms with van der Waals surface area (Å²) in [4.78, 5) is 37.0. The Kier molecular flexibility index (Phi) is 3.97. The summed E-state index contributed by atoms with van der Waals surface area (Å²) >= 11 is 0. The highest BCUT2D eigenvalue weighted by molar-refractivity contribution is 6.07. The summed E-state index contributed by atoms with van der Waals surface area (Å²) in [5.41, 5.74) is 1.73. The third-order valence-corrected chi connectivity index (χ3v) is 4.71. The van der Waals surface area contributed by atoms with Gasteiger partial charge in [-0.1, -0.05) is 25.1 Å². The third-order valence-electron chi connectivity index (χ3n) is 4.71. The van der Waals surface area contributed by atoms with Crippen LogP contribution in [-0.4, -0.2) is 34.3 Å². The SMILES string of the molecule is CCCN1C(=O)[C@H]2[C@@H](ON(c3ccccc3)[C@H]2c2ccncc2)C1=O. The van der Waals surface area contributed by atoms with Gasteiger partial charge in [-0.2, -0.15) is 0 Å². The Morgan fingerprint density at radius 3 is 2.44 bits per heavy atom. The molecule has 2 saturated heterocycles. The molecule has 2 aromatic rings. The first-order valence-corrected chi connectivity index (χ1v) is 8.48. The van der Waals surface area contributed by atoms with E-state index in [9.17, 15) is 9.59 Å². The van der Waals surface area contributed by atoms with E-state index in [0.717, 1.165) is 17.7 Å². The van der Waals surface area contributed by atoms with Gasteiger partial charge in [-0.25, -0.2) is 5.06 Å². The number of likely N-dealkylation sites (tertiary alicyclic amines) is 1. The zero-order valence-electron chi connectivity index (χ0n) is 13.9. The van der Waals surface area contributed by atoms with E-state index in [4.69, 9.17) is 4.84 Å². The maximum absolute atomic E-state index is 12.9. The fourth-order valence-corrected chi connectivity index (χ4v) is 3.61. The van der Waals surface area contributed by atoms with Crippen LogP contribution in [0.4, 0.5) is 5.69 Å². The number of pyridine rings is 1. The second kappa shape index (κ2) is 6.29. The zero-order chi connectivity index (χ0) is 17.4. The molecule has 2 amide bonds. The quantitative estimate of drug-likeness (QED) is 0.802. The molecule has 25 heavy (non-hydrogen) atoms. The number of para-hydroxylation sites is 1. The normalized spacial score (nSPS) is 25.6. The van der Waals surface area contributed by atoms with Crippen molar-refractivity contribution in [1.29, 1.82) is 0 Å². The third kappa shape index (κ3) is 2.49. The van der Waals surface area contributed by atoms with Crippen molar-refractivity contribution in [3.8, 4) is 0 Å². The average Bonchev–Trinajstić information content (AvgIpc) is 3.16. The van der Waals surface area contributed by atoms with E-state index in [0.29, 0.717) is 6.54 Å². The Balaban J connectivity index is 1.77. The molecule has 2 aliphatic heterocycles. The molecule has 2 aliphatic rings. The van der Waals surface area contributed by atoms with Crippen LogP contribution in [0.15, 0.2) is 54.9 Å². The van der Waals surface area contributed by atoms with Gasteiger partial charge in [0.2, 0.25) is 5.91 Å². The van der Waals surface area contributed by atoms with Crippen LogP contribution < -0.4 is 5.06 Å². The first-order valence-electron chi connectivity index (χ1n) is 8.48. The second-order valence-electron chi connectivity index (χ2n) is 6.27. The van der Waals surface area contributed by atoms with Crippen LogP contribution >= 0.6 is 0 Å². The smallest absolute Gasteiger partial charge is 0.261 e. The Morgan fingerprint density at radius 1 is 1.04 bits per heavy atom. The Labute approximate surface area is 146 Å². The highest BCUT2D eigenvalue weighted by atomic mass is 16.7. The molecule has 0 saturated carbocycles. The number of carbonyl (C=O) groups excluding carboxylic acids is 2. The topological polar surface area (TPSA) is 62.7 Å². The predicted octanol–water partition coefficient (Wildman–Crippen LogP) is 2.34. The van der Waals surface area contributed by atoms with E-state index in [1.165, 1.54) is 4.90 Å². The minimum atomic E-state index is -0.766. The van der Waals surface area contributed by atoms with E-state index < -0.39 is 12.0 Å². The van der Waals surface area contributed by atoms with Crippen molar-refractivity contribution < 1.29 is 14.4 Å². The highest BCUT2D eigenvalue weighted by Crippen LogP contribution is 2.46. The molecule has 2 fully saturated rings. The number of hydrogen-bond donors (Lipinski definition) is 0. The first-order chi connectivity index (χ1) is 12.2. The molecule has 1 aromatic carbocycles. The van der Waals surface area contributed by atoms with Crippen molar-refractivity contribution in [3.05, 3.63) is 60.4 Å². The molecule has 6 nitrogen and oxygen atoms in total. The lowest BCUT2D eigenvalue weighted by Crippen LogP contribution is -2.37. The van der Waals surface area contributed by atoms with Crippen molar-refractivity contribution in [2.75, 3.05) is 11.6 Å². The van der Waals surface area contributed by atoms with E-state index in [1.807, 2.05) is 49.4 Å². The van der Waals surface area contributed by atoms with Gasteiger partial charge in [-0.05, 0) is 36.2 Å². The summed E-state index contributed by atoms with van der Waals surface area (Å²) in [6, 6.07) is 12.9. The summed E-state index contributed by atoms with van der Waals surface area (Å²) in [5.74, 6) is -0.937. The van der Waals surface area contributed by atoms with Gasteiger partial charge in [0.15, 0.2) is 6.10 Å². The molecule has 0 N–H and O–H groups in total. The van der Waals surface area contributed by atoms with E-state index in [1.54, 1.807) is 17.5 Å². The Morgan fingerprint density at radius 2 is 1.76 bits per heavy atom. The number of nitrogens with zero attached hydrogens (tertiary/aromatic N) is 3. The van der Waals surface area contributed by atoms with Crippen LogP contribution in [-0.2, 0) is 14.4 Å². The van der Waals surface area contributed by atoms with Gasteiger partial charge in [0.25, 0.3) is 5.91 Å². The number of hydrogen-bond acceptors (Lipinski definition) is 5. The standard InChI is InChI=1S/C19H19N3O3/c1-2-12-21-18(23)15-16(13-8-10-20-11-9-13)22(25-17(15)19(21)24)14-6-4-3-5-7-14/h3-11,15-17H,2,12H2,1H3/t15-,16+,17-/m1/s1. The van der Waals surface area contributed by atoms with Crippen LogP contribution in [0.5, 0.6) is 0 Å². The van der Waals surface area contributed by atoms with E-state index in [-0.39, 0.29) is 17.9 Å². The molecular weight excluding hydrogens is 318 g/mol. The Bertz CT molecular complexity index is 781. The first kappa shape index (κ1) is 15.8. The van der Waals surface area contributed by atoms with Crippen LogP contribution in [0.1, 0.15) is 24.9 Å². The van der Waals surface area contributed by atoms with Crippen molar-refractivity contribution >= 4 is 17.5 Å². The molecule has 4 rings (SSSR count). The largest absolute Gasteiger partial charge is 0.280 e. The summed E-state index contributed by atoms with van der Waals surface area (Å²) in [7, 11) is 0. The molecule has 3 heterocycles. The molecule has 128 valence electrons. The van der Waals surface area contributed by atoms with Crippen LogP contribution in [0.2, 0.25) is 0 Å². The number of imide groups is 1. The van der Waals surface area contributed by atoms with Gasteiger partial charge in [0.1, 0.15) is 5.92 Å². The predicted molar refractivity (Wildman–Crippen MR) is 91.3 cm³/mol. The number of aromatic nitrogens is 1. The number of amides is 2. The monoisotopic (exact) mass is 337 g/mol.